The van der Waals surface area contributed by atoms with E-state index >= 15 is 0 Å². The maximum Gasteiger partial charge on any atom is 0.0571 e. The van der Waals surface area contributed by atoms with Crippen LogP contribution < -0.4 is 0 Å². The minimum Gasteiger partial charge on any atom is -0.396 e. The zero-order chi connectivity index (χ0) is 12.6. The molecule has 0 aromatic carbocycles. The van der Waals surface area contributed by atoms with Gasteiger partial charge in [0.2, 0.25) is 0 Å². The zero-order valence-corrected chi connectivity index (χ0v) is 11.1. The first-order chi connectivity index (χ1) is 8.04. The van der Waals surface area contributed by atoms with Crippen molar-refractivity contribution >= 4 is 0 Å². The highest BCUT2D eigenvalue weighted by molar-refractivity contribution is 5.11. The molecule has 2 aliphatic carbocycles. The highest BCUT2D eigenvalue weighted by Crippen LogP contribution is 2.49. The Morgan fingerprint density at radius 1 is 1.41 bits per heavy atom. The standard InChI is InChI=1S/C15H26O2/c1-9-4-5-12(11(3)8-16)14-6-10(2)15(17)7-13(9)14/h10-17H,1,4-8H2,2-3H3. The first-order valence-corrected chi connectivity index (χ1v) is 7.01. The first kappa shape index (κ1) is 13.1. The molecular formula is C15H26O2. The molecule has 0 aliphatic heterocycles. The lowest BCUT2D eigenvalue weighted by molar-refractivity contribution is -0.0136. The highest BCUT2D eigenvalue weighted by atomic mass is 16.3. The summed E-state index contributed by atoms with van der Waals surface area (Å²) >= 11 is 0. The maximum absolute atomic E-state index is 10.0. The lowest BCUT2D eigenvalue weighted by Gasteiger charge is -2.48. The third-order valence-corrected chi connectivity index (χ3v) is 5.21. The van der Waals surface area contributed by atoms with E-state index < -0.39 is 0 Å². The van der Waals surface area contributed by atoms with E-state index in [-0.39, 0.29) is 12.7 Å². The fourth-order valence-electron chi connectivity index (χ4n) is 3.95. The zero-order valence-electron chi connectivity index (χ0n) is 11.1. The Balaban J connectivity index is 2.15. The van der Waals surface area contributed by atoms with Gasteiger partial charge in [-0.25, -0.2) is 0 Å². The molecule has 2 rings (SSSR count). The highest BCUT2D eigenvalue weighted by Gasteiger charge is 2.43. The van der Waals surface area contributed by atoms with Crippen LogP contribution in [0.1, 0.15) is 39.5 Å². The number of aliphatic hydroxyl groups is 2. The molecule has 0 saturated heterocycles. The molecule has 0 amide bonds. The summed E-state index contributed by atoms with van der Waals surface area (Å²) in [6, 6.07) is 0. The number of rotatable bonds is 2. The van der Waals surface area contributed by atoms with Gasteiger partial charge in [-0.05, 0) is 55.3 Å². The van der Waals surface area contributed by atoms with Crippen LogP contribution in [0.3, 0.4) is 0 Å². The predicted molar refractivity (Wildman–Crippen MR) is 69.5 cm³/mol. The molecule has 0 radical (unpaired) electrons. The second kappa shape index (κ2) is 5.11. The van der Waals surface area contributed by atoms with Crippen molar-refractivity contribution in [2.75, 3.05) is 6.61 Å². The number of hydrogen-bond acceptors (Lipinski definition) is 2. The third kappa shape index (κ3) is 2.43. The lowest BCUT2D eigenvalue weighted by atomic mass is 9.58. The molecule has 6 unspecified atom stereocenters. The molecule has 0 spiro atoms. The topological polar surface area (TPSA) is 40.5 Å². The molecule has 2 saturated carbocycles. The van der Waals surface area contributed by atoms with E-state index in [0.717, 1.165) is 19.3 Å². The van der Waals surface area contributed by atoms with E-state index in [2.05, 4.69) is 20.4 Å². The summed E-state index contributed by atoms with van der Waals surface area (Å²) in [6.07, 6.45) is 4.08. The van der Waals surface area contributed by atoms with Gasteiger partial charge in [0, 0.05) is 6.61 Å². The summed E-state index contributed by atoms with van der Waals surface area (Å²) in [6.45, 7) is 8.80. The van der Waals surface area contributed by atoms with Gasteiger partial charge in [-0.15, -0.1) is 0 Å². The molecular weight excluding hydrogens is 212 g/mol. The molecule has 17 heavy (non-hydrogen) atoms. The summed E-state index contributed by atoms with van der Waals surface area (Å²) in [4.78, 5) is 0. The van der Waals surface area contributed by atoms with Gasteiger partial charge in [-0.2, -0.15) is 0 Å². The Hall–Kier alpha value is -0.340. The smallest absolute Gasteiger partial charge is 0.0571 e. The van der Waals surface area contributed by atoms with Gasteiger partial charge in [-0.1, -0.05) is 26.0 Å². The second-order valence-corrected chi connectivity index (χ2v) is 6.31. The van der Waals surface area contributed by atoms with E-state index in [9.17, 15) is 10.2 Å². The van der Waals surface area contributed by atoms with Gasteiger partial charge < -0.3 is 10.2 Å². The third-order valence-electron chi connectivity index (χ3n) is 5.21. The van der Waals surface area contributed by atoms with E-state index in [1.165, 1.54) is 12.0 Å². The van der Waals surface area contributed by atoms with Crippen LogP contribution >= 0.6 is 0 Å². The van der Waals surface area contributed by atoms with E-state index in [1.807, 2.05) is 0 Å². The maximum atomic E-state index is 10.0. The van der Waals surface area contributed by atoms with Crippen LogP contribution in [0.4, 0.5) is 0 Å². The van der Waals surface area contributed by atoms with Crippen LogP contribution in [0.25, 0.3) is 0 Å². The van der Waals surface area contributed by atoms with Gasteiger partial charge >= 0.3 is 0 Å². The van der Waals surface area contributed by atoms with Crippen LogP contribution in [-0.4, -0.2) is 22.9 Å². The van der Waals surface area contributed by atoms with Gasteiger partial charge in [0.1, 0.15) is 0 Å². The van der Waals surface area contributed by atoms with Gasteiger partial charge in [-0.3, -0.25) is 0 Å². The van der Waals surface area contributed by atoms with Crippen molar-refractivity contribution in [3.63, 3.8) is 0 Å². The molecule has 0 aromatic heterocycles. The van der Waals surface area contributed by atoms with Crippen molar-refractivity contribution in [3.05, 3.63) is 12.2 Å². The minimum atomic E-state index is -0.156. The van der Waals surface area contributed by atoms with E-state index in [4.69, 9.17) is 0 Å². The molecule has 2 aliphatic rings. The van der Waals surface area contributed by atoms with Gasteiger partial charge in [0.15, 0.2) is 0 Å². The molecule has 6 atom stereocenters. The molecule has 0 heterocycles. The lowest BCUT2D eigenvalue weighted by Crippen LogP contribution is -2.43. The van der Waals surface area contributed by atoms with E-state index in [0.29, 0.717) is 29.6 Å². The van der Waals surface area contributed by atoms with Gasteiger partial charge in [0.25, 0.3) is 0 Å². The summed E-state index contributed by atoms with van der Waals surface area (Å²) in [7, 11) is 0. The van der Waals surface area contributed by atoms with Crippen molar-refractivity contribution in [1.82, 2.24) is 0 Å². The molecule has 2 heteroatoms. The number of allylic oxidation sites excluding steroid dienone is 1. The number of aliphatic hydroxyl groups excluding tert-OH is 2. The van der Waals surface area contributed by atoms with Crippen LogP contribution in [0, 0.1) is 29.6 Å². The molecule has 2 N–H and O–H groups in total. The van der Waals surface area contributed by atoms with Crippen molar-refractivity contribution in [2.24, 2.45) is 29.6 Å². The molecule has 98 valence electrons. The Labute approximate surface area is 105 Å². The Morgan fingerprint density at radius 3 is 2.76 bits per heavy atom. The normalized spacial score (nSPS) is 44.2. The quantitative estimate of drug-likeness (QED) is 0.726. The molecule has 0 bridgehead atoms. The summed E-state index contributed by atoms with van der Waals surface area (Å²) in [5.74, 6) is 2.53. The average molecular weight is 238 g/mol. The largest absolute Gasteiger partial charge is 0.396 e. The molecule has 2 nitrogen and oxygen atoms in total. The summed E-state index contributed by atoms with van der Waals surface area (Å²) in [5.41, 5.74) is 1.34. The average Bonchev–Trinajstić information content (AvgIpc) is 2.31. The van der Waals surface area contributed by atoms with E-state index in [1.54, 1.807) is 0 Å². The fourth-order valence-corrected chi connectivity index (χ4v) is 3.95. The van der Waals surface area contributed by atoms with Crippen LogP contribution in [0.2, 0.25) is 0 Å². The van der Waals surface area contributed by atoms with Gasteiger partial charge in [0.05, 0.1) is 6.10 Å². The van der Waals surface area contributed by atoms with Crippen molar-refractivity contribution < 1.29 is 10.2 Å². The SMILES string of the molecule is C=C1CCC(C(C)CO)C2CC(C)C(O)CC12. The second-order valence-electron chi connectivity index (χ2n) is 6.31. The Bertz CT molecular complexity index is 287. The number of hydrogen-bond donors (Lipinski definition) is 2. The summed E-state index contributed by atoms with van der Waals surface area (Å²) < 4.78 is 0. The summed E-state index contributed by atoms with van der Waals surface area (Å²) in [5, 5.41) is 19.4. The van der Waals surface area contributed by atoms with Crippen molar-refractivity contribution in [1.29, 1.82) is 0 Å². The predicted octanol–water partition coefficient (Wildman–Crippen LogP) is 2.60. The first-order valence-electron chi connectivity index (χ1n) is 7.01. The molecule has 2 fully saturated rings. The minimum absolute atomic E-state index is 0.156. The number of fused-ring (bicyclic) bond motifs is 1. The van der Waals surface area contributed by atoms with Crippen molar-refractivity contribution in [2.45, 2.75) is 45.6 Å². The van der Waals surface area contributed by atoms with Crippen LogP contribution in [0.15, 0.2) is 12.2 Å². The van der Waals surface area contributed by atoms with Crippen LogP contribution in [0.5, 0.6) is 0 Å². The Morgan fingerprint density at radius 2 is 2.12 bits per heavy atom. The monoisotopic (exact) mass is 238 g/mol. The van der Waals surface area contributed by atoms with Crippen LogP contribution in [-0.2, 0) is 0 Å². The molecule has 0 aromatic rings. The fraction of sp³-hybridized carbons (Fsp3) is 0.867. The Kier molecular flexibility index (Phi) is 3.94. The van der Waals surface area contributed by atoms with Crippen molar-refractivity contribution in [3.8, 4) is 0 Å².